The molecule has 5 nitrogen and oxygen atoms in total. The highest BCUT2D eigenvalue weighted by Gasteiger charge is 2.37. The molecule has 1 N–H and O–H groups in total. The number of hydrogen-bond acceptors (Lipinski definition) is 3. The Morgan fingerprint density at radius 3 is 2.68 bits per heavy atom. The molecule has 2 heterocycles. The number of pyridine rings is 1. The monoisotopic (exact) mass is 377 g/mol. The van der Waals surface area contributed by atoms with Crippen LogP contribution in [0.2, 0.25) is 5.02 Å². The molecule has 1 aromatic heterocycles. The minimum absolute atomic E-state index is 0.387. The van der Waals surface area contributed by atoms with Crippen molar-refractivity contribution in [2.24, 2.45) is 0 Å². The van der Waals surface area contributed by atoms with Gasteiger partial charge in [-0.3, -0.25) is 9.71 Å². The normalized spacial score (nSPS) is 19.4. The number of anilines is 1. The maximum atomic E-state index is 13.3. The average Bonchev–Trinajstić information content (AvgIpc) is 2.59. The standard InChI is InChI=1S/C17H13ClFN3O2S/c1-22-17(10-4-6-11(19)7-5-10)13-9-14(18)12-3-2-8-20-15(12)16(13)21-25(22,23)24/h2-9,17,21H,1H3. The molecule has 1 unspecified atom stereocenters. The number of aromatic nitrogens is 1. The van der Waals surface area contributed by atoms with Crippen LogP contribution in [0.25, 0.3) is 10.9 Å². The summed E-state index contributed by atoms with van der Waals surface area (Å²) in [5.74, 6) is -0.387. The number of nitrogens with one attached hydrogen (secondary N) is 1. The number of halogens is 2. The molecule has 128 valence electrons. The van der Waals surface area contributed by atoms with E-state index in [0.29, 0.717) is 32.7 Å². The van der Waals surface area contributed by atoms with E-state index >= 15 is 0 Å². The summed E-state index contributed by atoms with van der Waals surface area (Å²) < 4.78 is 42.3. The zero-order valence-electron chi connectivity index (χ0n) is 13.1. The number of fused-ring (bicyclic) bond motifs is 3. The first-order valence-corrected chi connectivity index (χ1v) is 9.28. The van der Waals surface area contributed by atoms with Gasteiger partial charge in [0.2, 0.25) is 0 Å². The van der Waals surface area contributed by atoms with Crippen molar-refractivity contribution >= 4 is 38.4 Å². The summed E-state index contributed by atoms with van der Waals surface area (Å²) in [6, 6.07) is 10.4. The quantitative estimate of drug-likeness (QED) is 0.703. The lowest BCUT2D eigenvalue weighted by Gasteiger charge is -2.35. The van der Waals surface area contributed by atoms with E-state index in [1.807, 2.05) is 0 Å². The van der Waals surface area contributed by atoms with Crippen LogP contribution in [0.1, 0.15) is 17.2 Å². The van der Waals surface area contributed by atoms with Crippen molar-refractivity contribution in [2.75, 3.05) is 11.8 Å². The third-order valence-corrected chi connectivity index (χ3v) is 6.07. The molecule has 0 aliphatic carbocycles. The Morgan fingerprint density at radius 1 is 1.24 bits per heavy atom. The van der Waals surface area contributed by atoms with Gasteiger partial charge in [0.05, 0.1) is 22.3 Å². The van der Waals surface area contributed by atoms with E-state index in [0.717, 1.165) is 0 Å². The average molecular weight is 378 g/mol. The summed E-state index contributed by atoms with van der Waals surface area (Å²) in [5.41, 5.74) is 2.18. The van der Waals surface area contributed by atoms with Gasteiger partial charge in [0.25, 0.3) is 0 Å². The highest BCUT2D eigenvalue weighted by atomic mass is 35.5. The van der Waals surface area contributed by atoms with Crippen molar-refractivity contribution in [3.63, 3.8) is 0 Å². The van der Waals surface area contributed by atoms with Gasteiger partial charge >= 0.3 is 10.2 Å². The molecule has 3 aromatic rings. The lowest BCUT2D eigenvalue weighted by molar-refractivity contribution is 0.416. The first-order chi connectivity index (χ1) is 11.9. The number of rotatable bonds is 1. The molecule has 1 aliphatic rings. The van der Waals surface area contributed by atoms with Crippen molar-refractivity contribution < 1.29 is 12.8 Å². The molecule has 0 saturated heterocycles. The second kappa shape index (κ2) is 5.66. The molecule has 0 bridgehead atoms. The summed E-state index contributed by atoms with van der Waals surface area (Å²) in [6.45, 7) is 0. The van der Waals surface area contributed by atoms with E-state index in [1.54, 1.807) is 36.5 Å². The largest absolute Gasteiger partial charge is 0.302 e. The predicted molar refractivity (Wildman–Crippen MR) is 95.3 cm³/mol. The fourth-order valence-electron chi connectivity index (χ4n) is 3.11. The van der Waals surface area contributed by atoms with Crippen LogP contribution in [0.5, 0.6) is 0 Å². The van der Waals surface area contributed by atoms with Crippen LogP contribution >= 0.6 is 11.6 Å². The number of nitrogens with zero attached hydrogens (tertiary/aromatic N) is 2. The van der Waals surface area contributed by atoms with Gasteiger partial charge in [0, 0.05) is 24.2 Å². The molecule has 0 amide bonds. The Morgan fingerprint density at radius 2 is 1.96 bits per heavy atom. The SMILES string of the molecule is CN1C(c2ccc(F)cc2)c2cc(Cl)c3cccnc3c2NS1(=O)=O. The number of benzene rings is 2. The topological polar surface area (TPSA) is 62.3 Å². The van der Waals surface area contributed by atoms with E-state index in [4.69, 9.17) is 11.6 Å². The molecule has 0 fully saturated rings. The molecule has 25 heavy (non-hydrogen) atoms. The summed E-state index contributed by atoms with van der Waals surface area (Å²) >= 11 is 6.40. The van der Waals surface area contributed by atoms with Gasteiger partial charge < -0.3 is 0 Å². The van der Waals surface area contributed by atoms with Crippen LogP contribution in [-0.2, 0) is 10.2 Å². The van der Waals surface area contributed by atoms with Gasteiger partial charge in [-0.15, -0.1) is 0 Å². The van der Waals surface area contributed by atoms with E-state index < -0.39 is 16.3 Å². The second-order valence-electron chi connectivity index (χ2n) is 5.80. The van der Waals surface area contributed by atoms with Crippen molar-refractivity contribution in [1.82, 2.24) is 9.29 Å². The summed E-state index contributed by atoms with van der Waals surface area (Å²) in [4.78, 5) is 4.30. The molecule has 8 heteroatoms. The van der Waals surface area contributed by atoms with Crippen LogP contribution in [0, 0.1) is 5.82 Å². The van der Waals surface area contributed by atoms with Crippen molar-refractivity contribution in [3.05, 3.63) is 70.6 Å². The van der Waals surface area contributed by atoms with Gasteiger partial charge in [-0.05, 0) is 35.9 Å². The maximum absolute atomic E-state index is 13.3. The summed E-state index contributed by atoms with van der Waals surface area (Å²) in [6.07, 6.45) is 1.58. The zero-order chi connectivity index (χ0) is 17.8. The lowest BCUT2D eigenvalue weighted by atomic mass is 9.95. The first kappa shape index (κ1) is 16.3. The molecule has 4 rings (SSSR count). The molecule has 0 saturated carbocycles. The highest BCUT2D eigenvalue weighted by Crippen LogP contribution is 2.44. The zero-order valence-corrected chi connectivity index (χ0v) is 14.6. The minimum atomic E-state index is -3.78. The van der Waals surface area contributed by atoms with Crippen LogP contribution in [0.15, 0.2) is 48.7 Å². The predicted octanol–water partition coefficient (Wildman–Crippen LogP) is 3.72. The lowest BCUT2D eigenvalue weighted by Crippen LogP contribution is -2.40. The fourth-order valence-corrected chi connectivity index (χ4v) is 4.51. The van der Waals surface area contributed by atoms with Crippen molar-refractivity contribution in [3.8, 4) is 0 Å². The van der Waals surface area contributed by atoms with Crippen LogP contribution in [0.4, 0.5) is 10.1 Å². The van der Waals surface area contributed by atoms with Crippen molar-refractivity contribution in [2.45, 2.75) is 6.04 Å². The van der Waals surface area contributed by atoms with Gasteiger partial charge in [-0.1, -0.05) is 23.7 Å². The molecule has 0 spiro atoms. The Hall–Kier alpha value is -2.22. The van der Waals surface area contributed by atoms with E-state index in [1.165, 1.54) is 23.5 Å². The number of hydrogen-bond donors (Lipinski definition) is 1. The smallest absolute Gasteiger partial charge is 0.268 e. The van der Waals surface area contributed by atoms with Gasteiger partial charge in [0.15, 0.2) is 0 Å². The molecule has 1 atom stereocenters. The Kier molecular flexibility index (Phi) is 3.68. The third kappa shape index (κ3) is 2.55. The Bertz CT molecular complexity index is 1090. The van der Waals surface area contributed by atoms with Crippen LogP contribution in [0.3, 0.4) is 0 Å². The third-order valence-electron chi connectivity index (χ3n) is 4.33. The molecule has 1 aliphatic heterocycles. The summed E-state index contributed by atoms with van der Waals surface area (Å²) in [5, 5.41) is 1.14. The van der Waals surface area contributed by atoms with Gasteiger partial charge in [0.1, 0.15) is 5.82 Å². The van der Waals surface area contributed by atoms with Crippen molar-refractivity contribution in [1.29, 1.82) is 0 Å². The van der Waals surface area contributed by atoms with Gasteiger partial charge in [-0.25, -0.2) is 4.39 Å². The van der Waals surface area contributed by atoms with Crippen LogP contribution in [-0.4, -0.2) is 24.8 Å². The van der Waals surface area contributed by atoms with Crippen LogP contribution < -0.4 is 4.72 Å². The van der Waals surface area contributed by atoms with E-state index in [-0.39, 0.29) is 5.82 Å². The highest BCUT2D eigenvalue weighted by molar-refractivity contribution is 7.90. The minimum Gasteiger partial charge on any atom is -0.268 e. The van der Waals surface area contributed by atoms with E-state index in [9.17, 15) is 12.8 Å². The Labute approximate surface area is 149 Å². The molecular formula is C17H13ClFN3O2S. The first-order valence-electron chi connectivity index (χ1n) is 7.47. The summed E-state index contributed by atoms with van der Waals surface area (Å²) in [7, 11) is -2.31. The molecular weight excluding hydrogens is 365 g/mol. The Balaban J connectivity index is 2.05. The van der Waals surface area contributed by atoms with Gasteiger partial charge in [-0.2, -0.15) is 12.7 Å². The van der Waals surface area contributed by atoms with E-state index in [2.05, 4.69) is 9.71 Å². The molecule has 0 radical (unpaired) electrons. The molecule has 2 aromatic carbocycles. The maximum Gasteiger partial charge on any atom is 0.302 e. The fraction of sp³-hybridized carbons (Fsp3) is 0.118. The second-order valence-corrected chi connectivity index (χ2v) is 7.94.